The van der Waals surface area contributed by atoms with Crippen molar-refractivity contribution in [2.24, 2.45) is 0 Å². The lowest BCUT2D eigenvalue weighted by molar-refractivity contribution is 0.0798. The summed E-state index contributed by atoms with van der Waals surface area (Å²) in [6.07, 6.45) is 1.11. The van der Waals surface area contributed by atoms with Gasteiger partial charge in [-0.2, -0.15) is 0 Å². The number of aromatic nitrogens is 1. The summed E-state index contributed by atoms with van der Waals surface area (Å²) in [7, 11) is -1.65. The number of pyridine rings is 1. The van der Waals surface area contributed by atoms with Gasteiger partial charge in [0.2, 0.25) is 0 Å². The Morgan fingerprint density at radius 1 is 1.39 bits per heavy atom. The van der Waals surface area contributed by atoms with E-state index in [1.807, 2.05) is 0 Å². The molecule has 5 nitrogen and oxygen atoms in total. The molecule has 0 aliphatic carbocycles. The van der Waals surface area contributed by atoms with Crippen LogP contribution < -0.4 is 0 Å². The molecule has 0 atom stereocenters. The number of hydrogen-bond donors (Lipinski definition) is 0. The molecule has 0 bridgehead atoms. The van der Waals surface area contributed by atoms with Crippen LogP contribution in [0.5, 0.6) is 0 Å². The van der Waals surface area contributed by atoms with Crippen LogP contribution in [0.2, 0.25) is 10.2 Å². The molecule has 0 unspecified atom stereocenters. The molecule has 0 fully saturated rings. The summed E-state index contributed by atoms with van der Waals surface area (Å²) in [5.74, 6) is -0.584. The maximum absolute atomic E-state index is 12.0. The number of rotatable bonds is 4. The van der Waals surface area contributed by atoms with Crippen molar-refractivity contribution in [1.29, 1.82) is 0 Å². The molecule has 1 amide bonds. The van der Waals surface area contributed by atoms with E-state index in [1.54, 1.807) is 0 Å². The Hall–Kier alpha value is -0.850. The van der Waals surface area contributed by atoms with Gasteiger partial charge in [0.15, 0.2) is 0 Å². The van der Waals surface area contributed by atoms with Gasteiger partial charge < -0.3 is 4.90 Å². The molecule has 0 saturated carbocycles. The van der Waals surface area contributed by atoms with Crippen LogP contribution in [-0.2, 0) is 9.84 Å². The Kier molecular flexibility index (Phi) is 4.95. The van der Waals surface area contributed by atoms with E-state index in [1.165, 1.54) is 24.1 Å². The van der Waals surface area contributed by atoms with E-state index >= 15 is 0 Å². The third-order valence-electron chi connectivity index (χ3n) is 2.16. The average Bonchev–Trinajstić information content (AvgIpc) is 2.27. The van der Waals surface area contributed by atoms with Crippen LogP contribution in [0.25, 0.3) is 0 Å². The number of carbonyl (C=O) groups excluding carboxylic acids is 1. The smallest absolute Gasteiger partial charge is 0.273 e. The zero-order valence-corrected chi connectivity index (χ0v) is 12.2. The van der Waals surface area contributed by atoms with Crippen LogP contribution >= 0.6 is 23.2 Å². The molecule has 0 saturated heterocycles. The summed E-state index contributed by atoms with van der Waals surface area (Å²) in [5.41, 5.74) is 0.0140. The van der Waals surface area contributed by atoms with Gasteiger partial charge >= 0.3 is 0 Å². The number of nitrogens with zero attached hydrogens (tertiary/aromatic N) is 2. The summed E-state index contributed by atoms with van der Waals surface area (Å²) in [4.78, 5) is 17.0. The van der Waals surface area contributed by atoms with Crippen molar-refractivity contribution in [2.75, 3.05) is 25.6 Å². The van der Waals surface area contributed by atoms with Crippen LogP contribution in [-0.4, -0.2) is 49.8 Å². The molecular weight excluding hydrogens is 299 g/mol. The predicted molar refractivity (Wildman–Crippen MR) is 70.9 cm³/mol. The molecule has 100 valence electrons. The second-order valence-electron chi connectivity index (χ2n) is 3.82. The standard InChI is InChI=1S/C10H12Cl2N2O3S/c1-14(5-6-18(2,16)17)10(15)9-7(11)3-4-8(12)13-9/h3-4H,5-6H2,1-2H3. The molecule has 1 heterocycles. The van der Waals surface area contributed by atoms with E-state index in [0.29, 0.717) is 0 Å². The SMILES string of the molecule is CN(CCS(C)(=O)=O)C(=O)c1nc(Cl)ccc1Cl. The van der Waals surface area contributed by atoms with Crippen molar-refractivity contribution >= 4 is 38.9 Å². The molecule has 0 aromatic carbocycles. The monoisotopic (exact) mass is 310 g/mol. The van der Waals surface area contributed by atoms with E-state index in [9.17, 15) is 13.2 Å². The zero-order chi connectivity index (χ0) is 13.9. The largest absolute Gasteiger partial charge is 0.339 e. The molecule has 0 spiro atoms. The van der Waals surface area contributed by atoms with Crippen molar-refractivity contribution in [1.82, 2.24) is 9.88 Å². The van der Waals surface area contributed by atoms with Gasteiger partial charge in [-0.1, -0.05) is 23.2 Å². The van der Waals surface area contributed by atoms with Gasteiger partial charge in [0, 0.05) is 19.8 Å². The van der Waals surface area contributed by atoms with Gasteiger partial charge in [-0.25, -0.2) is 13.4 Å². The first-order valence-electron chi connectivity index (χ1n) is 4.96. The first-order valence-corrected chi connectivity index (χ1v) is 7.77. The van der Waals surface area contributed by atoms with Crippen LogP contribution in [0, 0.1) is 0 Å². The summed E-state index contributed by atoms with van der Waals surface area (Å²) >= 11 is 11.5. The number of carbonyl (C=O) groups is 1. The average molecular weight is 311 g/mol. The third kappa shape index (κ3) is 4.44. The maximum Gasteiger partial charge on any atom is 0.273 e. The predicted octanol–water partition coefficient (Wildman–Crippen LogP) is 1.50. The van der Waals surface area contributed by atoms with Crippen molar-refractivity contribution in [2.45, 2.75) is 0 Å². The fraction of sp³-hybridized carbons (Fsp3) is 0.400. The molecule has 1 aromatic rings. The summed E-state index contributed by atoms with van der Waals surface area (Å²) in [6, 6.07) is 2.94. The van der Waals surface area contributed by atoms with E-state index < -0.39 is 15.7 Å². The van der Waals surface area contributed by atoms with Crippen LogP contribution in [0.1, 0.15) is 10.5 Å². The molecule has 1 rings (SSSR count). The normalized spacial score (nSPS) is 11.3. The van der Waals surface area contributed by atoms with Gasteiger partial charge in [-0.3, -0.25) is 4.79 Å². The third-order valence-corrected chi connectivity index (χ3v) is 3.60. The number of amides is 1. The Morgan fingerprint density at radius 2 is 2.00 bits per heavy atom. The maximum atomic E-state index is 12.0. The van der Waals surface area contributed by atoms with Crippen molar-refractivity contribution < 1.29 is 13.2 Å². The highest BCUT2D eigenvalue weighted by Gasteiger charge is 2.18. The van der Waals surface area contributed by atoms with Crippen LogP contribution in [0.15, 0.2) is 12.1 Å². The minimum atomic E-state index is -3.13. The lowest BCUT2D eigenvalue weighted by Gasteiger charge is -2.16. The first-order chi connectivity index (χ1) is 8.20. The molecule has 18 heavy (non-hydrogen) atoms. The number of hydrogen-bond acceptors (Lipinski definition) is 4. The molecular formula is C10H12Cl2N2O3S. The molecule has 0 aliphatic rings. The Balaban J connectivity index is 2.83. The molecule has 0 N–H and O–H groups in total. The Labute approximate surface area is 116 Å². The summed E-state index contributed by atoms with van der Waals surface area (Å²) in [5, 5.41) is 0.329. The number of halogens is 2. The van der Waals surface area contributed by atoms with Crippen molar-refractivity contribution in [3.8, 4) is 0 Å². The van der Waals surface area contributed by atoms with Crippen molar-refractivity contribution in [3.05, 3.63) is 28.0 Å². The molecule has 8 heteroatoms. The van der Waals surface area contributed by atoms with Crippen LogP contribution in [0.4, 0.5) is 0 Å². The quantitative estimate of drug-likeness (QED) is 0.790. The zero-order valence-electron chi connectivity index (χ0n) is 9.85. The van der Waals surface area contributed by atoms with Gasteiger partial charge in [-0.15, -0.1) is 0 Å². The highest BCUT2D eigenvalue weighted by molar-refractivity contribution is 7.90. The van der Waals surface area contributed by atoms with Gasteiger partial charge in [-0.05, 0) is 12.1 Å². The van der Waals surface area contributed by atoms with Gasteiger partial charge in [0.25, 0.3) is 5.91 Å². The second kappa shape index (κ2) is 5.86. The first kappa shape index (κ1) is 15.2. The summed E-state index contributed by atoms with van der Waals surface area (Å²) < 4.78 is 22.0. The minimum absolute atomic E-state index is 0.0140. The highest BCUT2D eigenvalue weighted by atomic mass is 35.5. The molecule has 0 aliphatic heterocycles. The fourth-order valence-electron chi connectivity index (χ4n) is 1.15. The number of sulfone groups is 1. The van der Waals surface area contributed by atoms with E-state index in [0.717, 1.165) is 6.26 Å². The Bertz CT molecular complexity index is 560. The lowest BCUT2D eigenvalue weighted by atomic mass is 10.3. The van der Waals surface area contributed by atoms with Crippen molar-refractivity contribution in [3.63, 3.8) is 0 Å². The van der Waals surface area contributed by atoms with Gasteiger partial charge in [0.05, 0.1) is 10.8 Å². The second-order valence-corrected chi connectivity index (χ2v) is 6.88. The molecule has 0 radical (unpaired) electrons. The highest BCUT2D eigenvalue weighted by Crippen LogP contribution is 2.18. The van der Waals surface area contributed by atoms with E-state index in [-0.39, 0.29) is 28.2 Å². The lowest BCUT2D eigenvalue weighted by Crippen LogP contribution is -2.32. The fourth-order valence-corrected chi connectivity index (χ4v) is 2.09. The molecule has 1 aromatic heterocycles. The van der Waals surface area contributed by atoms with Crippen LogP contribution in [0.3, 0.4) is 0 Å². The summed E-state index contributed by atoms with van der Waals surface area (Å²) in [6.45, 7) is 0.0716. The minimum Gasteiger partial charge on any atom is -0.339 e. The van der Waals surface area contributed by atoms with Gasteiger partial charge in [0.1, 0.15) is 20.7 Å². The van der Waals surface area contributed by atoms with E-state index in [4.69, 9.17) is 23.2 Å². The Morgan fingerprint density at radius 3 is 2.56 bits per heavy atom. The topological polar surface area (TPSA) is 67.3 Å². The van der Waals surface area contributed by atoms with E-state index in [2.05, 4.69) is 4.98 Å².